The molecule has 1 aromatic carbocycles. The molecule has 0 radical (unpaired) electrons. The zero-order valence-corrected chi connectivity index (χ0v) is 12.4. The van der Waals surface area contributed by atoms with E-state index in [-0.39, 0.29) is 0 Å². The summed E-state index contributed by atoms with van der Waals surface area (Å²) in [4.78, 5) is 0. The third-order valence-corrected chi connectivity index (χ3v) is 3.43. The van der Waals surface area contributed by atoms with E-state index in [0.29, 0.717) is 6.61 Å². The highest BCUT2D eigenvalue weighted by Gasteiger charge is 2.05. The fraction of sp³-hybridized carbons (Fsp3) is 0.308. The second kappa shape index (κ2) is 6.25. The van der Waals surface area contributed by atoms with Gasteiger partial charge in [-0.2, -0.15) is 5.10 Å². The molecule has 18 heavy (non-hydrogen) atoms. The molecule has 0 saturated carbocycles. The van der Waals surface area contributed by atoms with Gasteiger partial charge in [0.25, 0.3) is 0 Å². The predicted octanol–water partition coefficient (Wildman–Crippen LogP) is 4.21. The molecule has 96 valence electrons. The summed E-state index contributed by atoms with van der Waals surface area (Å²) in [6.07, 6.45) is 4.55. The molecule has 2 rings (SSSR count). The Labute approximate surface area is 120 Å². The fourth-order valence-electron chi connectivity index (χ4n) is 1.53. The molecule has 3 nitrogen and oxygen atoms in total. The number of rotatable bonds is 5. The Morgan fingerprint density at radius 1 is 1.44 bits per heavy atom. The molecule has 0 spiro atoms. The van der Waals surface area contributed by atoms with Crippen molar-refractivity contribution in [1.82, 2.24) is 9.78 Å². The first-order valence-corrected chi connectivity index (χ1v) is 7.26. The quantitative estimate of drug-likeness (QED) is 0.768. The summed E-state index contributed by atoms with van der Waals surface area (Å²) in [6.45, 7) is 2.78. The number of aromatic nitrogens is 2. The van der Waals surface area contributed by atoms with Crippen LogP contribution in [0.4, 0.5) is 0 Å². The Bertz CT molecular complexity index is 527. The van der Waals surface area contributed by atoms with E-state index in [2.05, 4.69) is 28.0 Å². The molecular formula is C13H14BrClN2O. The van der Waals surface area contributed by atoms with E-state index in [1.165, 1.54) is 0 Å². The highest BCUT2D eigenvalue weighted by molar-refractivity contribution is 9.08. The summed E-state index contributed by atoms with van der Waals surface area (Å²) in [5.74, 6) is 0.776. The van der Waals surface area contributed by atoms with E-state index in [1.807, 2.05) is 24.4 Å². The van der Waals surface area contributed by atoms with Crippen LogP contribution in [-0.2, 0) is 5.33 Å². The summed E-state index contributed by atoms with van der Waals surface area (Å²) in [7, 11) is 0. The van der Waals surface area contributed by atoms with Crippen molar-refractivity contribution >= 4 is 27.5 Å². The predicted molar refractivity (Wildman–Crippen MR) is 77.0 cm³/mol. The first-order valence-electron chi connectivity index (χ1n) is 5.77. The van der Waals surface area contributed by atoms with Crippen LogP contribution in [0.3, 0.4) is 0 Å². The Morgan fingerprint density at radius 3 is 2.94 bits per heavy atom. The van der Waals surface area contributed by atoms with Gasteiger partial charge in [0.15, 0.2) is 5.75 Å². The van der Waals surface area contributed by atoms with Crippen LogP contribution in [0.2, 0.25) is 5.02 Å². The van der Waals surface area contributed by atoms with E-state index >= 15 is 0 Å². The summed E-state index contributed by atoms with van der Waals surface area (Å²) >= 11 is 9.56. The van der Waals surface area contributed by atoms with Crippen molar-refractivity contribution in [3.05, 3.63) is 41.2 Å². The van der Waals surface area contributed by atoms with Gasteiger partial charge >= 0.3 is 0 Å². The standard InChI is InChI=1S/C13H14BrClN2O/c1-2-5-18-12-8-16-17(9-12)11-4-3-10(7-14)13(15)6-11/h3-4,6,8-9H,2,5,7H2,1H3. The SMILES string of the molecule is CCCOc1cnn(-c2ccc(CBr)c(Cl)c2)c1. The Kier molecular flexibility index (Phi) is 4.66. The topological polar surface area (TPSA) is 27.1 Å². The molecule has 0 aliphatic carbocycles. The van der Waals surface area contributed by atoms with E-state index in [4.69, 9.17) is 16.3 Å². The minimum Gasteiger partial charge on any atom is -0.490 e. The minimum absolute atomic E-state index is 0.703. The summed E-state index contributed by atoms with van der Waals surface area (Å²) in [6, 6.07) is 5.87. The normalized spacial score (nSPS) is 10.6. The molecule has 5 heteroatoms. The molecule has 1 aromatic heterocycles. The largest absolute Gasteiger partial charge is 0.490 e. The van der Waals surface area contributed by atoms with Gasteiger partial charge in [0.1, 0.15) is 0 Å². The van der Waals surface area contributed by atoms with Crippen molar-refractivity contribution in [2.24, 2.45) is 0 Å². The fourth-order valence-corrected chi connectivity index (χ4v) is 2.42. The molecule has 0 aliphatic heterocycles. The molecule has 0 aliphatic rings. The van der Waals surface area contributed by atoms with Crippen molar-refractivity contribution in [3.8, 4) is 11.4 Å². The van der Waals surface area contributed by atoms with Crippen molar-refractivity contribution in [1.29, 1.82) is 0 Å². The molecule has 0 atom stereocenters. The molecule has 0 amide bonds. The zero-order valence-electron chi connectivity index (χ0n) is 10.1. The van der Waals surface area contributed by atoms with E-state index < -0.39 is 0 Å². The third-order valence-electron chi connectivity index (χ3n) is 2.48. The lowest BCUT2D eigenvalue weighted by Gasteiger charge is -2.05. The number of hydrogen-bond acceptors (Lipinski definition) is 2. The van der Waals surface area contributed by atoms with Crippen LogP contribution in [0.5, 0.6) is 5.75 Å². The van der Waals surface area contributed by atoms with Gasteiger partial charge in [0.2, 0.25) is 0 Å². The first kappa shape index (κ1) is 13.4. The van der Waals surface area contributed by atoms with Crippen LogP contribution < -0.4 is 4.74 Å². The number of hydrogen-bond donors (Lipinski definition) is 0. The molecular weight excluding hydrogens is 316 g/mol. The van der Waals surface area contributed by atoms with Crippen molar-refractivity contribution < 1.29 is 4.74 Å². The van der Waals surface area contributed by atoms with Crippen LogP contribution in [0.25, 0.3) is 5.69 Å². The Hall–Kier alpha value is -1.000. The molecule has 1 heterocycles. The highest BCUT2D eigenvalue weighted by atomic mass is 79.9. The number of benzene rings is 1. The number of halogens is 2. The van der Waals surface area contributed by atoms with Gasteiger partial charge in [-0.1, -0.05) is 40.5 Å². The maximum Gasteiger partial charge on any atom is 0.157 e. The van der Waals surface area contributed by atoms with Gasteiger partial charge in [-0.3, -0.25) is 0 Å². The smallest absolute Gasteiger partial charge is 0.157 e. The highest BCUT2D eigenvalue weighted by Crippen LogP contribution is 2.23. The second-order valence-electron chi connectivity index (χ2n) is 3.88. The lowest BCUT2D eigenvalue weighted by molar-refractivity contribution is 0.317. The van der Waals surface area contributed by atoms with Crippen molar-refractivity contribution in [2.75, 3.05) is 6.61 Å². The number of nitrogens with zero attached hydrogens (tertiary/aromatic N) is 2. The minimum atomic E-state index is 0.703. The molecule has 0 bridgehead atoms. The lowest BCUT2D eigenvalue weighted by Crippen LogP contribution is -1.95. The van der Waals surface area contributed by atoms with Gasteiger partial charge < -0.3 is 4.74 Å². The van der Waals surface area contributed by atoms with Crippen LogP contribution >= 0.6 is 27.5 Å². The Morgan fingerprint density at radius 2 is 2.28 bits per heavy atom. The molecule has 0 fully saturated rings. The van der Waals surface area contributed by atoms with E-state index in [9.17, 15) is 0 Å². The van der Waals surface area contributed by atoms with Crippen LogP contribution in [0.15, 0.2) is 30.6 Å². The molecule has 0 N–H and O–H groups in total. The monoisotopic (exact) mass is 328 g/mol. The van der Waals surface area contributed by atoms with Crippen LogP contribution in [0.1, 0.15) is 18.9 Å². The summed E-state index contributed by atoms with van der Waals surface area (Å²) < 4.78 is 7.27. The maximum atomic E-state index is 6.17. The van der Waals surface area contributed by atoms with Crippen LogP contribution in [-0.4, -0.2) is 16.4 Å². The van der Waals surface area contributed by atoms with Crippen molar-refractivity contribution in [3.63, 3.8) is 0 Å². The van der Waals surface area contributed by atoms with Crippen molar-refractivity contribution in [2.45, 2.75) is 18.7 Å². The van der Waals surface area contributed by atoms with E-state index in [1.54, 1.807) is 10.9 Å². The van der Waals surface area contributed by atoms with E-state index in [0.717, 1.165) is 33.8 Å². The van der Waals surface area contributed by atoms with Gasteiger partial charge in [0, 0.05) is 10.4 Å². The van der Waals surface area contributed by atoms with Gasteiger partial charge in [-0.05, 0) is 24.1 Å². The number of ether oxygens (including phenoxy) is 1. The molecule has 0 unspecified atom stereocenters. The van der Waals surface area contributed by atoms with Gasteiger partial charge in [-0.15, -0.1) is 0 Å². The average molecular weight is 330 g/mol. The first-order chi connectivity index (χ1) is 8.74. The molecule has 0 saturated heterocycles. The Balaban J connectivity index is 2.20. The summed E-state index contributed by atoms with van der Waals surface area (Å²) in [5.41, 5.74) is 1.99. The van der Waals surface area contributed by atoms with Gasteiger partial charge in [0.05, 0.1) is 24.7 Å². The second-order valence-corrected chi connectivity index (χ2v) is 4.85. The van der Waals surface area contributed by atoms with Crippen LogP contribution in [0, 0.1) is 0 Å². The third kappa shape index (κ3) is 3.06. The van der Waals surface area contributed by atoms with Gasteiger partial charge in [-0.25, -0.2) is 4.68 Å². The average Bonchev–Trinajstić information content (AvgIpc) is 2.85. The molecule has 2 aromatic rings. The maximum absolute atomic E-state index is 6.17. The lowest BCUT2D eigenvalue weighted by atomic mass is 10.2. The zero-order chi connectivity index (χ0) is 13.0. The number of alkyl halides is 1. The summed E-state index contributed by atoms with van der Waals surface area (Å²) in [5, 5.41) is 5.74.